The molecule has 0 saturated heterocycles. The number of carbonyl (C=O) groups is 1. The average Bonchev–Trinajstić information content (AvgIpc) is 2.22. The number of carbonyl (C=O) groups excluding carboxylic acids is 1. The van der Waals surface area contributed by atoms with Crippen LogP contribution in [0.4, 0.5) is 0 Å². The molecule has 4 heteroatoms. The maximum atomic E-state index is 8.95. The molecule has 0 amide bonds. The Hall–Kier alpha value is -0.730. The molecule has 14 heavy (non-hydrogen) atoms. The first-order valence-corrected chi connectivity index (χ1v) is 4.81. The number of hydrogen-bond donors (Lipinski definition) is 0. The first kappa shape index (κ1) is 13.3. The predicted octanol–water partition coefficient (Wildman–Crippen LogP) is 3.35. The van der Waals surface area contributed by atoms with Gasteiger partial charge in [0.2, 0.25) is 0 Å². The van der Waals surface area contributed by atoms with Crippen LogP contribution in [0.5, 0.6) is 0 Å². The molecule has 1 aromatic carbocycles. The van der Waals surface area contributed by atoms with Gasteiger partial charge in [-0.3, -0.25) is 4.79 Å². The predicted molar refractivity (Wildman–Crippen MR) is 58.9 cm³/mol. The second-order valence-electron chi connectivity index (χ2n) is 2.43. The van der Waals surface area contributed by atoms with Crippen LogP contribution in [-0.2, 0) is 16.0 Å². The Bertz CT molecular complexity index is 287. The maximum Gasteiger partial charge on any atom is 0.292 e. The van der Waals surface area contributed by atoms with E-state index in [4.69, 9.17) is 28.0 Å². The van der Waals surface area contributed by atoms with Crippen LogP contribution >= 0.6 is 23.2 Å². The normalized spacial score (nSPS) is 8.57. The molecule has 2 nitrogen and oxygen atoms in total. The van der Waals surface area contributed by atoms with Crippen molar-refractivity contribution in [1.29, 1.82) is 0 Å². The molecule has 0 atom stereocenters. The molecule has 0 fully saturated rings. The van der Waals surface area contributed by atoms with Gasteiger partial charge in [0.25, 0.3) is 6.47 Å². The molecule has 1 rings (SSSR count). The summed E-state index contributed by atoms with van der Waals surface area (Å²) < 4.78 is 3.86. The summed E-state index contributed by atoms with van der Waals surface area (Å²) in [6.45, 7) is 2.46. The third-order valence-corrected chi connectivity index (χ3v) is 2.23. The van der Waals surface area contributed by atoms with E-state index in [1.807, 2.05) is 18.2 Å². The largest absolute Gasteiger partial charge is 0.471 e. The first-order valence-electron chi connectivity index (χ1n) is 4.06. The molecular formula is C10H12Cl2O2. The van der Waals surface area contributed by atoms with Gasteiger partial charge in [-0.15, -0.1) is 0 Å². The van der Waals surface area contributed by atoms with Crippen molar-refractivity contribution in [1.82, 2.24) is 0 Å². The molecule has 0 spiro atoms. The van der Waals surface area contributed by atoms with Crippen molar-refractivity contribution < 1.29 is 9.53 Å². The second kappa shape index (κ2) is 7.65. The SMILES string of the molecule is CCc1ccc(Cl)c(Cl)c1.COC=O. The number of halogens is 2. The lowest BCUT2D eigenvalue weighted by molar-refractivity contribution is -0.126. The summed E-state index contributed by atoms with van der Waals surface area (Å²) in [5.74, 6) is 0. The average molecular weight is 235 g/mol. The number of aryl methyl sites for hydroxylation is 1. The van der Waals surface area contributed by atoms with Crippen LogP contribution in [0, 0.1) is 0 Å². The van der Waals surface area contributed by atoms with Crippen molar-refractivity contribution in [2.75, 3.05) is 7.11 Å². The van der Waals surface area contributed by atoms with Gasteiger partial charge in [-0.1, -0.05) is 36.2 Å². The molecule has 0 aromatic heterocycles. The quantitative estimate of drug-likeness (QED) is 0.735. The van der Waals surface area contributed by atoms with Gasteiger partial charge in [0, 0.05) is 0 Å². The number of rotatable bonds is 2. The molecule has 0 saturated carbocycles. The summed E-state index contributed by atoms with van der Waals surface area (Å²) in [5, 5.41) is 1.26. The minimum atomic E-state index is 0.375. The Kier molecular flexibility index (Phi) is 7.25. The Balaban J connectivity index is 0.000000364. The van der Waals surface area contributed by atoms with Crippen LogP contribution in [-0.4, -0.2) is 13.6 Å². The highest BCUT2D eigenvalue weighted by Crippen LogP contribution is 2.22. The zero-order valence-electron chi connectivity index (χ0n) is 8.09. The zero-order chi connectivity index (χ0) is 11.0. The Morgan fingerprint density at radius 3 is 2.29 bits per heavy atom. The standard InChI is InChI=1S/C8H8Cl2.C2H4O2/c1-2-6-3-4-7(9)8(10)5-6;1-4-2-3/h3-5H,2H2,1H3;2H,1H3. The van der Waals surface area contributed by atoms with E-state index in [1.165, 1.54) is 12.7 Å². The van der Waals surface area contributed by atoms with Crippen molar-refractivity contribution in [3.63, 3.8) is 0 Å². The van der Waals surface area contributed by atoms with E-state index >= 15 is 0 Å². The molecule has 0 aliphatic heterocycles. The lowest BCUT2D eigenvalue weighted by atomic mass is 10.2. The van der Waals surface area contributed by atoms with Gasteiger partial charge in [0.15, 0.2) is 0 Å². The van der Waals surface area contributed by atoms with Crippen LogP contribution in [0.25, 0.3) is 0 Å². The van der Waals surface area contributed by atoms with E-state index in [2.05, 4.69) is 11.7 Å². The fourth-order valence-corrected chi connectivity index (χ4v) is 1.08. The molecule has 0 N–H and O–H groups in total. The highest BCUT2D eigenvalue weighted by Gasteiger charge is 1.96. The number of hydrogen-bond acceptors (Lipinski definition) is 2. The van der Waals surface area contributed by atoms with Crippen molar-refractivity contribution in [3.8, 4) is 0 Å². The number of benzene rings is 1. The topological polar surface area (TPSA) is 26.3 Å². The van der Waals surface area contributed by atoms with E-state index < -0.39 is 0 Å². The van der Waals surface area contributed by atoms with E-state index in [1.54, 1.807) is 0 Å². The highest BCUT2D eigenvalue weighted by molar-refractivity contribution is 6.41. The summed E-state index contributed by atoms with van der Waals surface area (Å²) in [6, 6.07) is 5.70. The molecule has 0 unspecified atom stereocenters. The molecule has 0 aliphatic carbocycles. The lowest BCUT2D eigenvalue weighted by Crippen LogP contribution is -1.78. The molecule has 78 valence electrons. The van der Waals surface area contributed by atoms with Gasteiger partial charge < -0.3 is 4.74 Å². The van der Waals surface area contributed by atoms with Gasteiger partial charge in [-0.25, -0.2) is 0 Å². The van der Waals surface area contributed by atoms with E-state index in [-0.39, 0.29) is 0 Å². The van der Waals surface area contributed by atoms with Gasteiger partial charge >= 0.3 is 0 Å². The Morgan fingerprint density at radius 2 is 1.93 bits per heavy atom. The smallest absolute Gasteiger partial charge is 0.292 e. The van der Waals surface area contributed by atoms with E-state index in [0.717, 1.165) is 6.42 Å². The summed E-state index contributed by atoms with van der Waals surface area (Å²) in [4.78, 5) is 8.95. The minimum absolute atomic E-state index is 0.375. The van der Waals surface area contributed by atoms with Crippen LogP contribution in [0.2, 0.25) is 10.0 Å². The second-order valence-corrected chi connectivity index (χ2v) is 3.25. The van der Waals surface area contributed by atoms with Gasteiger partial charge in [0.05, 0.1) is 17.2 Å². The van der Waals surface area contributed by atoms with E-state index in [0.29, 0.717) is 16.5 Å². The molecular weight excluding hydrogens is 223 g/mol. The van der Waals surface area contributed by atoms with Gasteiger partial charge in [0.1, 0.15) is 0 Å². The molecule has 0 radical (unpaired) electrons. The summed E-state index contributed by atoms with van der Waals surface area (Å²) >= 11 is 11.5. The summed E-state index contributed by atoms with van der Waals surface area (Å²) in [5.41, 5.74) is 1.22. The minimum Gasteiger partial charge on any atom is -0.471 e. The zero-order valence-corrected chi connectivity index (χ0v) is 9.60. The Labute approximate surface area is 93.8 Å². The lowest BCUT2D eigenvalue weighted by Gasteiger charge is -1.97. The van der Waals surface area contributed by atoms with Gasteiger partial charge in [-0.2, -0.15) is 0 Å². The summed E-state index contributed by atoms with van der Waals surface area (Å²) in [7, 11) is 1.31. The van der Waals surface area contributed by atoms with Crippen LogP contribution in [0.3, 0.4) is 0 Å². The highest BCUT2D eigenvalue weighted by atomic mass is 35.5. The Morgan fingerprint density at radius 1 is 1.36 bits per heavy atom. The van der Waals surface area contributed by atoms with Crippen molar-refractivity contribution in [2.24, 2.45) is 0 Å². The van der Waals surface area contributed by atoms with E-state index in [9.17, 15) is 0 Å². The van der Waals surface area contributed by atoms with Crippen LogP contribution in [0.15, 0.2) is 18.2 Å². The van der Waals surface area contributed by atoms with Crippen molar-refractivity contribution >= 4 is 29.7 Å². The molecule has 0 aliphatic rings. The van der Waals surface area contributed by atoms with Gasteiger partial charge in [-0.05, 0) is 24.1 Å². The molecule has 0 heterocycles. The third-order valence-electron chi connectivity index (χ3n) is 1.49. The molecule has 1 aromatic rings. The third kappa shape index (κ3) is 5.10. The first-order chi connectivity index (χ1) is 6.65. The fraction of sp³-hybridized carbons (Fsp3) is 0.300. The molecule has 0 bridgehead atoms. The monoisotopic (exact) mass is 234 g/mol. The number of methoxy groups -OCH3 is 1. The van der Waals surface area contributed by atoms with Crippen LogP contribution < -0.4 is 0 Å². The summed E-state index contributed by atoms with van der Waals surface area (Å²) in [6.07, 6.45) is 0.997. The fourth-order valence-electron chi connectivity index (χ4n) is 0.760. The van der Waals surface area contributed by atoms with Crippen molar-refractivity contribution in [3.05, 3.63) is 33.8 Å². The maximum absolute atomic E-state index is 8.95. The van der Waals surface area contributed by atoms with Crippen LogP contribution in [0.1, 0.15) is 12.5 Å². The van der Waals surface area contributed by atoms with Crippen molar-refractivity contribution in [2.45, 2.75) is 13.3 Å². The number of ether oxygens (including phenoxy) is 1.